The van der Waals surface area contributed by atoms with Crippen molar-refractivity contribution in [3.8, 4) is 28.7 Å². The first kappa shape index (κ1) is 45.6. The Hall–Kier alpha value is -5.60. The summed E-state index contributed by atoms with van der Waals surface area (Å²) in [6, 6.07) is 25.1. The minimum atomic E-state index is -1.48. The van der Waals surface area contributed by atoms with Crippen molar-refractivity contribution >= 4 is 22.6 Å². The van der Waals surface area contributed by atoms with Crippen LogP contribution in [0.5, 0.6) is 28.7 Å². The van der Waals surface area contributed by atoms with Gasteiger partial charge in [0.05, 0.1) is 31.5 Å². The van der Waals surface area contributed by atoms with E-state index in [2.05, 4.69) is 36.9 Å². The summed E-state index contributed by atoms with van der Waals surface area (Å²) in [4.78, 5) is 22.7. The molecule has 0 radical (unpaired) electrons. The van der Waals surface area contributed by atoms with E-state index in [0.29, 0.717) is 60.3 Å². The van der Waals surface area contributed by atoms with Crippen molar-refractivity contribution in [1.29, 1.82) is 0 Å². The number of rotatable bonds is 19. The number of carbonyl (C=O) groups excluding carboxylic acids is 1. The number of aliphatic hydroxyl groups excluding tert-OH is 2. The number of aliphatic hydroxyl groups is 2. The number of fused-ring (bicyclic) bond motifs is 4. The summed E-state index contributed by atoms with van der Waals surface area (Å²) in [7, 11) is 0. The van der Waals surface area contributed by atoms with Gasteiger partial charge in [0.2, 0.25) is 18.9 Å². The fraction of sp³-hybridized carbons (Fsp3) is 0.472. The van der Waals surface area contributed by atoms with Gasteiger partial charge in [0, 0.05) is 44.1 Å². The highest BCUT2D eigenvalue weighted by Crippen LogP contribution is 2.62. The molecular weight excluding hydrogens is 841 g/mol. The van der Waals surface area contributed by atoms with Gasteiger partial charge in [-0.1, -0.05) is 66.5 Å². The first-order valence-electron chi connectivity index (χ1n) is 23.8. The summed E-state index contributed by atoms with van der Waals surface area (Å²) in [5.74, 6) is 1.07. The summed E-state index contributed by atoms with van der Waals surface area (Å²) < 4.78 is 44.6. The molecule has 1 unspecified atom stereocenters. The minimum Gasteiger partial charge on any atom is -0.459 e. The fourth-order valence-corrected chi connectivity index (χ4v) is 10.7. The molecule has 13 nitrogen and oxygen atoms in total. The van der Waals surface area contributed by atoms with E-state index in [0.717, 1.165) is 66.0 Å². The third-order valence-electron chi connectivity index (χ3n) is 13.7. The molecular formula is C53H62N2O11. The first-order valence-corrected chi connectivity index (χ1v) is 23.8. The molecule has 5 aliphatic rings. The van der Waals surface area contributed by atoms with Gasteiger partial charge in [0.1, 0.15) is 23.3 Å². The second-order valence-electron chi connectivity index (χ2n) is 17.8. The van der Waals surface area contributed by atoms with E-state index >= 15 is 0 Å². The van der Waals surface area contributed by atoms with Gasteiger partial charge in [-0.25, -0.2) is 4.79 Å². The SMILES string of the molecule is C=CCO[C@@]12Oc3ccc(Oc4ccc5ccccc5c4)cc3[C@H]3[C@H](CCCCO)[C@@H](CCCCO)C=C(C(=NOC4CCCCO4)C[C@@H]1N(Cc1ccc4c(c1)OCO4)C(=O)OCC)[C@H]32. The lowest BCUT2D eigenvalue weighted by Gasteiger charge is -2.59. The molecule has 7 atom stereocenters. The van der Waals surface area contributed by atoms with Crippen LogP contribution < -0.4 is 18.9 Å². The molecule has 66 heavy (non-hydrogen) atoms. The molecule has 2 fully saturated rings. The van der Waals surface area contributed by atoms with Gasteiger partial charge in [-0.3, -0.25) is 4.90 Å². The van der Waals surface area contributed by atoms with Gasteiger partial charge in [0.25, 0.3) is 0 Å². The number of benzene rings is 4. The zero-order chi connectivity index (χ0) is 45.5. The number of ether oxygens (including phenoxy) is 7. The highest BCUT2D eigenvalue weighted by Gasteiger charge is 2.66. The van der Waals surface area contributed by atoms with Crippen LogP contribution in [0.3, 0.4) is 0 Å². The lowest BCUT2D eigenvalue weighted by Crippen LogP contribution is -2.70. The maximum atomic E-state index is 14.7. The van der Waals surface area contributed by atoms with Gasteiger partial charge in [-0.05, 0) is 122 Å². The zero-order valence-electron chi connectivity index (χ0n) is 37.8. The second kappa shape index (κ2) is 20.9. The summed E-state index contributed by atoms with van der Waals surface area (Å²) in [5, 5.41) is 27.2. The van der Waals surface area contributed by atoms with Gasteiger partial charge < -0.3 is 48.2 Å². The molecule has 350 valence electrons. The number of nitrogens with zero attached hydrogens (tertiary/aromatic N) is 2. The average Bonchev–Trinajstić information content (AvgIpc) is 3.82. The molecule has 1 saturated heterocycles. The lowest BCUT2D eigenvalue weighted by molar-refractivity contribution is -0.256. The quantitative estimate of drug-likeness (QED) is 0.0527. The Morgan fingerprint density at radius 3 is 2.50 bits per heavy atom. The molecule has 2 aliphatic carbocycles. The summed E-state index contributed by atoms with van der Waals surface area (Å²) in [5.41, 5.74) is 3.37. The van der Waals surface area contributed by atoms with Crippen LogP contribution >= 0.6 is 0 Å². The van der Waals surface area contributed by atoms with Gasteiger partial charge in [-0.15, -0.1) is 6.58 Å². The van der Waals surface area contributed by atoms with Crippen LogP contribution in [0.2, 0.25) is 0 Å². The minimum absolute atomic E-state index is 0.0294. The molecule has 1 saturated carbocycles. The third-order valence-corrected chi connectivity index (χ3v) is 13.7. The van der Waals surface area contributed by atoms with E-state index in [9.17, 15) is 15.0 Å². The predicted octanol–water partition coefficient (Wildman–Crippen LogP) is 10.2. The Kier molecular flexibility index (Phi) is 14.4. The van der Waals surface area contributed by atoms with Gasteiger partial charge in [0.15, 0.2) is 11.5 Å². The smallest absolute Gasteiger partial charge is 0.410 e. The lowest BCUT2D eigenvalue weighted by atomic mass is 9.55. The van der Waals surface area contributed by atoms with Crippen LogP contribution in [0, 0.1) is 17.8 Å². The van der Waals surface area contributed by atoms with Crippen molar-refractivity contribution in [2.75, 3.05) is 39.8 Å². The summed E-state index contributed by atoms with van der Waals surface area (Å²) in [6.07, 6.45) is 10.4. The third kappa shape index (κ3) is 9.49. The average molecular weight is 903 g/mol. The van der Waals surface area contributed by atoms with E-state index in [1.807, 2.05) is 54.6 Å². The van der Waals surface area contributed by atoms with Gasteiger partial charge in [-0.2, -0.15) is 0 Å². The van der Waals surface area contributed by atoms with E-state index in [4.69, 9.17) is 43.2 Å². The van der Waals surface area contributed by atoms with Gasteiger partial charge >= 0.3 is 6.09 Å². The molecule has 0 aromatic heterocycles. The topological polar surface area (TPSA) is 147 Å². The molecule has 0 spiro atoms. The molecule has 3 aliphatic heterocycles. The molecule has 4 aromatic carbocycles. The van der Waals surface area contributed by atoms with Crippen molar-refractivity contribution in [3.63, 3.8) is 0 Å². The van der Waals surface area contributed by atoms with Crippen molar-refractivity contribution in [2.24, 2.45) is 22.9 Å². The monoisotopic (exact) mass is 902 g/mol. The number of oxime groups is 1. The van der Waals surface area contributed by atoms with Crippen molar-refractivity contribution in [1.82, 2.24) is 4.90 Å². The van der Waals surface area contributed by atoms with Crippen LogP contribution in [0.1, 0.15) is 88.2 Å². The van der Waals surface area contributed by atoms with E-state index in [-0.39, 0.29) is 63.9 Å². The highest BCUT2D eigenvalue weighted by molar-refractivity contribution is 6.03. The van der Waals surface area contributed by atoms with E-state index < -0.39 is 30.1 Å². The predicted molar refractivity (Wildman–Crippen MR) is 249 cm³/mol. The second-order valence-corrected chi connectivity index (χ2v) is 17.8. The molecule has 1 amide bonds. The molecule has 0 bridgehead atoms. The number of allylic oxidation sites excluding steroid dienone is 1. The first-order chi connectivity index (χ1) is 32.4. The van der Waals surface area contributed by atoms with Crippen LogP contribution in [0.4, 0.5) is 4.79 Å². The van der Waals surface area contributed by atoms with Crippen LogP contribution in [-0.4, -0.2) is 84.9 Å². The molecule has 4 aromatic rings. The maximum absolute atomic E-state index is 14.7. The largest absolute Gasteiger partial charge is 0.459 e. The Balaban J connectivity index is 1.23. The van der Waals surface area contributed by atoms with Crippen molar-refractivity contribution < 1.29 is 53.0 Å². The Morgan fingerprint density at radius 2 is 1.70 bits per heavy atom. The van der Waals surface area contributed by atoms with E-state index in [1.54, 1.807) is 17.9 Å². The fourth-order valence-electron chi connectivity index (χ4n) is 10.7. The number of hydrogen-bond donors (Lipinski definition) is 2. The highest BCUT2D eigenvalue weighted by atomic mass is 16.8. The normalized spacial score (nSPS) is 25.6. The van der Waals surface area contributed by atoms with Crippen LogP contribution in [0.25, 0.3) is 10.8 Å². The zero-order valence-corrected chi connectivity index (χ0v) is 37.8. The molecule has 3 heterocycles. The number of carbonyl (C=O) groups is 1. The number of unbranched alkanes of at least 4 members (excludes halogenated alkanes) is 2. The van der Waals surface area contributed by atoms with Crippen LogP contribution in [0.15, 0.2) is 108 Å². The van der Waals surface area contributed by atoms with Crippen molar-refractivity contribution in [3.05, 3.63) is 114 Å². The molecule has 9 rings (SSSR count). The van der Waals surface area contributed by atoms with Crippen molar-refractivity contribution in [2.45, 2.75) is 102 Å². The Labute approximate surface area is 386 Å². The standard InChI is InChI=1S/C53H62N2O11/c1-3-26-63-53-48(55(52(58)59-4-2)33-35-18-22-46-47(28-35)62-34-61-46)32-44(54-66-49-17-9-12-27-60-49)42-30-38(15-7-10-24-56)41(16-8-11-25-57)50(51(42)53)43-31-40(21-23-45(43)65-53)64-39-20-19-36-13-5-6-14-37(36)29-39/h3,5-6,13-14,18-23,28-31,38,41,48-51,56-57H,1,4,7-12,15-17,24-27,32-34H2,2H3/t38-,41+,48-,49?,50+,51+,53+/m0/s1. The maximum Gasteiger partial charge on any atom is 0.410 e. The molecule has 2 N–H and O–H groups in total. The summed E-state index contributed by atoms with van der Waals surface area (Å²) >= 11 is 0. The number of hydrogen-bond acceptors (Lipinski definition) is 12. The summed E-state index contributed by atoms with van der Waals surface area (Å²) in [6.45, 7) is 7.17. The molecule has 13 heteroatoms. The Bertz CT molecular complexity index is 2400. The van der Waals surface area contributed by atoms with E-state index in [1.165, 1.54) is 0 Å². The Morgan fingerprint density at radius 1 is 0.909 bits per heavy atom. The number of amides is 1. The van der Waals surface area contributed by atoms with Crippen LogP contribution in [-0.2, 0) is 25.6 Å².